The van der Waals surface area contributed by atoms with Gasteiger partial charge >= 0.3 is 6.18 Å². The van der Waals surface area contributed by atoms with Crippen molar-refractivity contribution < 1.29 is 13.2 Å². The predicted molar refractivity (Wildman–Crippen MR) is 59.0 cm³/mol. The van der Waals surface area contributed by atoms with Crippen LogP contribution in [0.1, 0.15) is 32.0 Å². The average molecular weight is 247 g/mol. The van der Waals surface area contributed by atoms with Gasteiger partial charge in [0.15, 0.2) is 6.04 Å². The van der Waals surface area contributed by atoms with Crippen LogP contribution in [0.5, 0.6) is 0 Å². The minimum atomic E-state index is -4.22. The number of rotatable bonds is 2. The highest BCUT2D eigenvalue weighted by molar-refractivity contribution is 5.39. The van der Waals surface area contributed by atoms with E-state index < -0.39 is 12.2 Å². The predicted octanol–water partition coefficient (Wildman–Crippen LogP) is 3.00. The molecule has 3 nitrogen and oxygen atoms in total. The summed E-state index contributed by atoms with van der Waals surface area (Å²) in [5, 5.41) is 7.03. The summed E-state index contributed by atoms with van der Waals surface area (Å²) < 4.78 is 39.5. The van der Waals surface area contributed by atoms with Crippen LogP contribution in [0, 0.1) is 5.92 Å². The maximum Gasteiger partial charge on any atom is 0.410 e. The lowest BCUT2D eigenvalue weighted by Crippen LogP contribution is -2.33. The summed E-state index contributed by atoms with van der Waals surface area (Å²) in [5.41, 5.74) is 0.721. The molecule has 1 aromatic rings. The Balaban J connectivity index is 2.29. The van der Waals surface area contributed by atoms with Gasteiger partial charge in [-0.15, -0.1) is 0 Å². The number of halogens is 3. The van der Waals surface area contributed by atoms with Crippen LogP contribution in [-0.2, 0) is 6.42 Å². The van der Waals surface area contributed by atoms with Gasteiger partial charge in [-0.25, -0.2) is 4.68 Å². The molecule has 1 aromatic heterocycles. The Morgan fingerprint density at radius 1 is 1.53 bits per heavy atom. The molecule has 0 bridgehead atoms. The zero-order valence-corrected chi connectivity index (χ0v) is 9.88. The first kappa shape index (κ1) is 12.3. The minimum absolute atomic E-state index is 0.0410. The maximum absolute atomic E-state index is 12.8. The SMILES string of the molecule is CC(C)Cc1cc2n(n1)C(C(F)(F)F)CCN2. The third-order valence-electron chi connectivity index (χ3n) is 2.80. The Morgan fingerprint density at radius 2 is 2.24 bits per heavy atom. The molecule has 96 valence electrons. The van der Waals surface area contributed by atoms with Crippen LogP contribution in [0.25, 0.3) is 0 Å². The summed E-state index contributed by atoms with van der Waals surface area (Å²) in [6.45, 7) is 4.39. The van der Waals surface area contributed by atoms with Crippen molar-refractivity contribution in [3.63, 3.8) is 0 Å². The summed E-state index contributed by atoms with van der Waals surface area (Å²) in [5.74, 6) is 0.866. The van der Waals surface area contributed by atoms with E-state index in [-0.39, 0.29) is 6.42 Å². The molecule has 6 heteroatoms. The molecule has 0 aliphatic carbocycles. The third-order valence-corrected chi connectivity index (χ3v) is 2.80. The van der Waals surface area contributed by atoms with Crippen molar-refractivity contribution in [3.05, 3.63) is 11.8 Å². The van der Waals surface area contributed by atoms with Gasteiger partial charge in [0, 0.05) is 12.6 Å². The Bertz CT molecular complexity index is 395. The number of nitrogens with one attached hydrogen (secondary N) is 1. The van der Waals surface area contributed by atoms with E-state index in [1.54, 1.807) is 6.07 Å². The summed E-state index contributed by atoms with van der Waals surface area (Å²) in [4.78, 5) is 0. The quantitative estimate of drug-likeness (QED) is 0.870. The van der Waals surface area contributed by atoms with Crippen LogP contribution in [0.4, 0.5) is 19.0 Å². The van der Waals surface area contributed by atoms with Gasteiger partial charge in [-0.3, -0.25) is 0 Å². The van der Waals surface area contributed by atoms with E-state index in [2.05, 4.69) is 10.4 Å². The van der Waals surface area contributed by atoms with E-state index in [9.17, 15) is 13.2 Å². The second kappa shape index (κ2) is 4.23. The lowest BCUT2D eigenvalue weighted by Gasteiger charge is -2.27. The van der Waals surface area contributed by atoms with Gasteiger partial charge in [-0.05, 0) is 18.8 Å². The third kappa shape index (κ3) is 2.56. The van der Waals surface area contributed by atoms with Crippen LogP contribution in [-0.4, -0.2) is 22.5 Å². The molecule has 2 rings (SSSR count). The fraction of sp³-hybridized carbons (Fsp3) is 0.727. The number of hydrogen-bond acceptors (Lipinski definition) is 2. The molecule has 1 N–H and O–H groups in total. The summed E-state index contributed by atoms with van der Waals surface area (Å²) >= 11 is 0. The van der Waals surface area contributed by atoms with E-state index in [4.69, 9.17) is 0 Å². The zero-order valence-electron chi connectivity index (χ0n) is 9.88. The second-order valence-corrected chi connectivity index (χ2v) is 4.84. The average Bonchev–Trinajstić information content (AvgIpc) is 2.55. The smallest absolute Gasteiger partial charge is 0.370 e. The first-order chi connectivity index (χ1) is 7.88. The maximum atomic E-state index is 12.8. The molecule has 0 spiro atoms. The van der Waals surface area contributed by atoms with Crippen molar-refractivity contribution in [1.29, 1.82) is 0 Å². The zero-order chi connectivity index (χ0) is 12.6. The van der Waals surface area contributed by atoms with Crippen molar-refractivity contribution in [2.45, 2.75) is 38.9 Å². The van der Waals surface area contributed by atoms with Crippen molar-refractivity contribution >= 4 is 5.82 Å². The van der Waals surface area contributed by atoms with Gasteiger partial charge < -0.3 is 5.32 Å². The van der Waals surface area contributed by atoms with Crippen LogP contribution in [0.3, 0.4) is 0 Å². The summed E-state index contributed by atoms with van der Waals surface area (Å²) in [7, 11) is 0. The lowest BCUT2D eigenvalue weighted by atomic mass is 10.1. The second-order valence-electron chi connectivity index (χ2n) is 4.84. The minimum Gasteiger partial charge on any atom is -0.370 e. The van der Waals surface area contributed by atoms with Gasteiger partial charge in [-0.1, -0.05) is 13.8 Å². The van der Waals surface area contributed by atoms with Crippen LogP contribution >= 0.6 is 0 Å². The summed E-state index contributed by atoms with van der Waals surface area (Å²) in [6.07, 6.45) is -3.48. The highest BCUT2D eigenvalue weighted by Crippen LogP contribution is 2.37. The Kier molecular flexibility index (Phi) is 3.05. The van der Waals surface area contributed by atoms with E-state index in [1.165, 1.54) is 0 Å². The Hall–Kier alpha value is -1.20. The molecular weight excluding hydrogens is 231 g/mol. The van der Waals surface area contributed by atoms with Gasteiger partial charge in [0.1, 0.15) is 5.82 Å². The van der Waals surface area contributed by atoms with E-state index in [0.29, 0.717) is 24.7 Å². The fourth-order valence-corrected chi connectivity index (χ4v) is 2.09. The van der Waals surface area contributed by atoms with E-state index in [1.807, 2.05) is 13.8 Å². The van der Waals surface area contributed by atoms with E-state index in [0.717, 1.165) is 10.4 Å². The normalized spacial score (nSPS) is 20.2. The number of alkyl halides is 3. The topological polar surface area (TPSA) is 29.9 Å². The molecule has 0 amide bonds. The molecule has 1 atom stereocenters. The van der Waals surface area contributed by atoms with Crippen LogP contribution in [0.15, 0.2) is 6.07 Å². The van der Waals surface area contributed by atoms with Crippen molar-refractivity contribution in [1.82, 2.24) is 9.78 Å². The number of hydrogen-bond donors (Lipinski definition) is 1. The molecule has 1 unspecified atom stereocenters. The van der Waals surface area contributed by atoms with E-state index >= 15 is 0 Å². The van der Waals surface area contributed by atoms with Gasteiger partial charge in [0.25, 0.3) is 0 Å². The highest BCUT2D eigenvalue weighted by Gasteiger charge is 2.43. The molecular formula is C11H16F3N3. The summed E-state index contributed by atoms with van der Waals surface area (Å²) in [6, 6.07) is 0.234. The molecule has 1 aliphatic heterocycles. The number of aromatic nitrogens is 2. The highest BCUT2D eigenvalue weighted by atomic mass is 19.4. The lowest BCUT2D eigenvalue weighted by molar-refractivity contribution is -0.171. The van der Waals surface area contributed by atoms with Crippen molar-refractivity contribution in [2.24, 2.45) is 5.92 Å². The number of anilines is 1. The molecule has 2 heterocycles. The molecule has 0 saturated carbocycles. The van der Waals surface area contributed by atoms with Gasteiger partial charge in [-0.2, -0.15) is 18.3 Å². The first-order valence-corrected chi connectivity index (χ1v) is 5.77. The van der Waals surface area contributed by atoms with Gasteiger partial charge in [0.05, 0.1) is 5.69 Å². The number of nitrogens with zero attached hydrogens (tertiary/aromatic N) is 2. The first-order valence-electron chi connectivity index (χ1n) is 5.77. The Morgan fingerprint density at radius 3 is 2.82 bits per heavy atom. The van der Waals surface area contributed by atoms with Gasteiger partial charge in [0.2, 0.25) is 0 Å². The molecule has 0 saturated heterocycles. The number of fused-ring (bicyclic) bond motifs is 1. The standard InChI is InChI=1S/C11H16F3N3/c1-7(2)5-8-6-10-15-4-3-9(11(12,13)14)17(10)16-8/h6-7,9,15H,3-5H2,1-2H3. The molecule has 0 fully saturated rings. The van der Waals surface area contributed by atoms with Crippen LogP contribution in [0.2, 0.25) is 0 Å². The largest absolute Gasteiger partial charge is 0.410 e. The molecule has 0 aromatic carbocycles. The van der Waals surface area contributed by atoms with Crippen molar-refractivity contribution in [2.75, 3.05) is 11.9 Å². The molecule has 17 heavy (non-hydrogen) atoms. The van der Waals surface area contributed by atoms with Crippen LogP contribution < -0.4 is 5.32 Å². The molecule has 0 radical (unpaired) electrons. The monoisotopic (exact) mass is 247 g/mol. The fourth-order valence-electron chi connectivity index (χ4n) is 2.09. The van der Waals surface area contributed by atoms with Crippen molar-refractivity contribution in [3.8, 4) is 0 Å². The Labute approximate surface area is 98.0 Å². The molecule has 1 aliphatic rings.